The number of nitrogens with zero attached hydrogens (tertiary/aromatic N) is 1. The molecule has 1 amide bonds. The average molecular weight is 191 g/mol. The molecule has 0 saturated carbocycles. The van der Waals surface area contributed by atoms with Gasteiger partial charge in [-0.1, -0.05) is 12.2 Å². The molecule has 4 heteroatoms. The summed E-state index contributed by atoms with van der Waals surface area (Å²) >= 11 is 0. The van der Waals surface area contributed by atoms with Crippen LogP contribution in [0, 0.1) is 5.92 Å². The molecule has 2 N–H and O–H groups in total. The zero-order valence-corrected chi connectivity index (χ0v) is 7.86. The molecular weight excluding hydrogens is 178 g/mol. The number of hydrogen-bond donors (Lipinski definition) is 2. The SMILES string of the molecule is O=C(Nc1ncc[nH]1)C1CC=CCC1. The van der Waals surface area contributed by atoms with Gasteiger partial charge in [-0.2, -0.15) is 0 Å². The highest BCUT2D eigenvalue weighted by Gasteiger charge is 2.18. The molecule has 1 aromatic rings. The second-order valence-corrected chi connectivity index (χ2v) is 3.41. The van der Waals surface area contributed by atoms with Crippen LogP contribution in [0.5, 0.6) is 0 Å². The highest BCUT2D eigenvalue weighted by atomic mass is 16.2. The molecule has 1 heterocycles. The number of carbonyl (C=O) groups is 1. The van der Waals surface area contributed by atoms with Crippen LogP contribution in [0.25, 0.3) is 0 Å². The molecule has 0 radical (unpaired) electrons. The zero-order valence-electron chi connectivity index (χ0n) is 7.86. The fraction of sp³-hybridized carbons (Fsp3) is 0.400. The van der Waals surface area contributed by atoms with E-state index in [1.807, 2.05) is 0 Å². The van der Waals surface area contributed by atoms with Crippen LogP contribution < -0.4 is 5.32 Å². The predicted octanol–water partition coefficient (Wildman–Crippen LogP) is 1.70. The van der Waals surface area contributed by atoms with E-state index in [1.165, 1.54) is 0 Å². The zero-order chi connectivity index (χ0) is 9.80. The van der Waals surface area contributed by atoms with Crippen LogP contribution in [0.3, 0.4) is 0 Å². The maximum Gasteiger partial charge on any atom is 0.230 e. The Morgan fingerprint density at radius 1 is 1.57 bits per heavy atom. The molecule has 2 rings (SSSR count). The molecular formula is C10H13N3O. The number of hydrogen-bond acceptors (Lipinski definition) is 2. The highest BCUT2D eigenvalue weighted by molar-refractivity contribution is 5.91. The van der Waals surface area contributed by atoms with E-state index in [0.29, 0.717) is 5.95 Å². The topological polar surface area (TPSA) is 57.8 Å². The lowest BCUT2D eigenvalue weighted by Crippen LogP contribution is -2.23. The van der Waals surface area contributed by atoms with Gasteiger partial charge in [-0.15, -0.1) is 0 Å². The van der Waals surface area contributed by atoms with Crippen molar-refractivity contribution in [2.45, 2.75) is 19.3 Å². The number of allylic oxidation sites excluding steroid dienone is 2. The minimum atomic E-state index is 0.0595. The molecule has 1 aromatic heterocycles. The van der Waals surface area contributed by atoms with Crippen molar-refractivity contribution in [3.63, 3.8) is 0 Å². The lowest BCUT2D eigenvalue weighted by molar-refractivity contribution is -0.120. The predicted molar refractivity (Wildman–Crippen MR) is 53.7 cm³/mol. The van der Waals surface area contributed by atoms with Gasteiger partial charge in [-0.3, -0.25) is 10.1 Å². The van der Waals surface area contributed by atoms with Gasteiger partial charge in [0.15, 0.2) is 0 Å². The van der Waals surface area contributed by atoms with Crippen LogP contribution in [-0.4, -0.2) is 15.9 Å². The number of imidazole rings is 1. The van der Waals surface area contributed by atoms with Crippen molar-refractivity contribution in [2.75, 3.05) is 5.32 Å². The molecule has 0 aliphatic heterocycles. The molecule has 74 valence electrons. The Morgan fingerprint density at radius 3 is 3.14 bits per heavy atom. The number of carbonyl (C=O) groups excluding carboxylic acids is 1. The monoisotopic (exact) mass is 191 g/mol. The van der Waals surface area contributed by atoms with Crippen LogP contribution in [0.4, 0.5) is 5.95 Å². The minimum absolute atomic E-state index is 0.0595. The van der Waals surface area contributed by atoms with Crippen molar-refractivity contribution in [3.05, 3.63) is 24.5 Å². The fourth-order valence-corrected chi connectivity index (χ4v) is 1.58. The summed E-state index contributed by atoms with van der Waals surface area (Å²) in [5, 5.41) is 2.75. The van der Waals surface area contributed by atoms with Gasteiger partial charge in [-0.25, -0.2) is 4.98 Å². The third-order valence-electron chi connectivity index (χ3n) is 2.38. The van der Waals surface area contributed by atoms with Crippen molar-refractivity contribution in [3.8, 4) is 0 Å². The molecule has 1 unspecified atom stereocenters. The lowest BCUT2D eigenvalue weighted by Gasteiger charge is -2.15. The van der Waals surface area contributed by atoms with E-state index in [9.17, 15) is 4.79 Å². The van der Waals surface area contributed by atoms with E-state index in [4.69, 9.17) is 0 Å². The van der Waals surface area contributed by atoms with Gasteiger partial charge in [0, 0.05) is 18.3 Å². The van der Waals surface area contributed by atoms with Crippen LogP contribution in [-0.2, 0) is 4.79 Å². The van der Waals surface area contributed by atoms with Crippen LogP contribution in [0.15, 0.2) is 24.5 Å². The summed E-state index contributed by atoms with van der Waals surface area (Å²) < 4.78 is 0. The third-order valence-corrected chi connectivity index (χ3v) is 2.38. The van der Waals surface area contributed by atoms with Gasteiger partial charge in [0.2, 0.25) is 11.9 Å². The first-order valence-electron chi connectivity index (χ1n) is 4.81. The summed E-state index contributed by atoms with van der Waals surface area (Å²) in [5.74, 6) is 0.693. The smallest absolute Gasteiger partial charge is 0.230 e. The summed E-state index contributed by atoms with van der Waals surface area (Å²) in [4.78, 5) is 18.5. The van der Waals surface area contributed by atoms with Crippen molar-refractivity contribution < 1.29 is 4.79 Å². The maximum atomic E-state index is 11.7. The summed E-state index contributed by atoms with van der Waals surface area (Å²) in [6.45, 7) is 0. The minimum Gasteiger partial charge on any atom is -0.331 e. The Balaban J connectivity index is 1.92. The summed E-state index contributed by atoms with van der Waals surface area (Å²) in [6, 6.07) is 0. The molecule has 14 heavy (non-hydrogen) atoms. The first kappa shape index (κ1) is 8.99. The van der Waals surface area contributed by atoms with Gasteiger partial charge in [-0.05, 0) is 19.3 Å². The van der Waals surface area contributed by atoms with Gasteiger partial charge >= 0.3 is 0 Å². The number of H-pyrrole nitrogens is 1. The van der Waals surface area contributed by atoms with E-state index >= 15 is 0 Å². The van der Waals surface area contributed by atoms with Crippen LogP contribution in [0.1, 0.15) is 19.3 Å². The number of rotatable bonds is 2. The molecule has 1 aliphatic carbocycles. The first-order chi connectivity index (χ1) is 6.86. The Hall–Kier alpha value is -1.58. The van der Waals surface area contributed by atoms with Gasteiger partial charge in [0.25, 0.3) is 0 Å². The van der Waals surface area contributed by atoms with Crippen LogP contribution >= 0.6 is 0 Å². The molecule has 1 aliphatic rings. The van der Waals surface area contributed by atoms with E-state index in [0.717, 1.165) is 19.3 Å². The Kier molecular flexibility index (Phi) is 2.62. The lowest BCUT2D eigenvalue weighted by atomic mass is 9.94. The van der Waals surface area contributed by atoms with Gasteiger partial charge in [0.05, 0.1) is 0 Å². The average Bonchev–Trinajstić information content (AvgIpc) is 2.72. The molecule has 0 bridgehead atoms. The molecule has 4 nitrogen and oxygen atoms in total. The largest absolute Gasteiger partial charge is 0.331 e. The second-order valence-electron chi connectivity index (χ2n) is 3.41. The number of nitrogens with one attached hydrogen (secondary N) is 2. The van der Waals surface area contributed by atoms with E-state index in [1.54, 1.807) is 12.4 Å². The van der Waals surface area contributed by atoms with Crippen molar-refractivity contribution >= 4 is 11.9 Å². The normalized spacial score (nSPS) is 20.7. The van der Waals surface area contributed by atoms with E-state index < -0.39 is 0 Å². The number of aromatic amines is 1. The van der Waals surface area contributed by atoms with Gasteiger partial charge < -0.3 is 4.98 Å². The highest BCUT2D eigenvalue weighted by Crippen LogP contribution is 2.19. The Bertz CT molecular complexity index is 329. The Labute approximate surface area is 82.4 Å². The summed E-state index contributed by atoms with van der Waals surface area (Å²) in [7, 11) is 0. The summed E-state index contributed by atoms with van der Waals surface area (Å²) in [5.41, 5.74) is 0. The van der Waals surface area contributed by atoms with E-state index in [2.05, 4.69) is 27.4 Å². The summed E-state index contributed by atoms with van der Waals surface area (Å²) in [6.07, 6.45) is 10.3. The molecule has 0 fully saturated rings. The first-order valence-corrected chi connectivity index (χ1v) is 4.81. The standard InChI is InChI=1S/C10H13N3O/c14-9(8-4-2-1-3-5-8)13-10-11-6-7-12-10/h1-2,6-8H,3-5H2,(H2,11,12,13,14). The van der Waals surface area contributed by atoms with Crippen molar-refractivity contribution in [1.82, 2.24) is 9.97 Å². The third kappa shape index (κ3) is 2.02. The quantitative estimate of drug-likeness (QED) is 0.699. The van der Waals surface area contributed by atoms with Crippen molar-refractivity contribution in [2.24, 2.45) is 5.92 Å². The Morgan fingerprint density at radius 2 is 2.50 bits per heavy atom. The van der Waals surface area contributed by atoms with Gasteiger partial charge in [0.1, 0.15) is 0 Å². The number of anilines is 1. The molecule has 0 saturated heterocycles. The maximum absolute atomic E-state index is 11.7. The van der Waals surface area contributed by atoms with E-state index in [-0.39, 0.29) is 11.8 Å². The second kappa shape index (κ2) is 4.09. The van der Waals surface area contributed by atoms with Crippen molar-refractivity contribution in [1.29, 1.82) is 0 Å². The van der Waals surface area contributed by atoms with Crippen LogP contribution in [0.2, 0.25) is 0 Å². The number of aromatic nitrogens is 2. The molecule has 0 aromatic carbocycles. The molecule has 0 spiro atoms. The number of amides is 1. The fourth-order valence-electron chi connectivity index (χ4n) is 1.58. The molecule has 1 atom stereocenters.